The van der Waals surface area contributed by atoms with E-state index in [0.717, 1.165) is 22.7 Å². The third kappa shape index (κ3) is 4.56. The second-order valence-corrected chi connectivity index (χ2v) is 4.52. The number of para-hydroxylation sites is 1. The quantitative estimate of drug-likeness (QED) is 0.734. The highest BCUT2D eigenvalue weighted by Crippen LogP contribution is 2.21. The maximum Gasteiger partial charge on any atom is 0.124 e. The van der Waals surface area contributed by atoms with Gasteiger partial charge >= 0.3 is 0 Å². The smallest absolute Gasteiger partial charge is 0.124 e. The number of ether oxygens (including phenoxy) is 2. The highest BCUT2D eigenvalue weighted by atomic mass is 16.5. The molecule has 0 aliphatic heterocycles. The number of nitrogens with one attached hydrogen (secondary N) is 1. The molecule has 0 atom stereocenters. The Labute approximate surface area is 126 Å². The summed E-state index contributed by atoms with van der Waals surface area (Å²) in [6.07, 6.45) is 1.75. The minimum Gasteiger partial charge on any atom is -0.494 e. The van der Waals surface area contributed by atoms with Gasteiger partial charge in [-0.2, -0.15) is 0 Å². The lowest BCUT2D eigenvalue weighted by Gasteiger charge is -2.12. The molecule has 0 heterocycles. The van der Waals surface area contributed by atoms with Gasteiger partial charge in [0, 0.05) is 23.9 Å². The van der Waals surface area contributed by atoms with Crippen molar-refractivity contribution in [3.8, 4) is 11.5 Å². The molecule has 0 saturated heterocycles. The Kier molecular flexibility index (Phi) is 5.71. The molecular weight excluding hydrogens is 262 g/mol. The fraction of sp³-hybridized carbons (Fsp3) is 0.222. The second-order valence-electron chi connectivity index (χ2n) is 4.52. The van der Waals surface area contributed by atoms with E-state index in [1.807, 2.05) is 49.4 Å². The largest absolute Gasteiger partial charge is 0.494 e. The Hall–Kier alpha value is -2.42. The van der Waals surface area contributed by atoms with E-state index >= 15 is 0 Å². The van der Waals surface area contributed by atoms with E-state index in [0.29, 0.717) is 19.8 Å². The van der Waals surface area contributed by atoms with E-state index < -0.39 is 0 Å². The number of hydrogen-bond donors (Lipinski definition) is 1. The maximum absolute atomic E-state index is 5.65. The van der Waals surface area contributed by atoms with Crippen molar-refractivity contribution in [2.45, 2.75) is 13.5 Å². The van der Waals surface area contributed by atoms with Crippen LogP contribution in [0.5, 0.6) is 11.5 Å². The van der Waals surface area contributed by atoms with Crippen molar-refractivity contribution < 1.29 is 9.47 Å². The van der Waals surface area contributed by atoms with Gasteiger partial charge in [-0.3, -0.25) is 0 Å². The zero-order chi connectivity index (χ0) is 14.9. The first kappa shape index (κ1) is 15.0. The van der Waals surface area contributed by atoms with Crippen molar-refractivity contribution in [1.82, 2.24) is 0 Å². The third-order valence-corrected chi connectivity index (χ3v) is 2.96. The summed E-state index contributed by atoms with van der Waals surface area (Å²) in [5.74, 6) is 1.75. The molecule has 0 unspecified atom stereocenters. The van der Waals surface area contributed by atoms with Crippen LogP contribution < -0.4 is 14.8 Å². The van der Waals surface area contributed by atoms with E-state index in [2.05, 4.69) is 18.0 Å². The van der Waals surface area contributed by atoms with Gasteiger partial charge in [-0.15, -0.1) is 0 Å². The van der Waals surface area contributed by atoms with Gasteiger partial charge in [0.2, 0.25) is 0 Å². The molecule has 0 bridgehead atoms. The fourth-order valence-electron chi connectivity index (χ4n) is 2.00. The van der Waals surface area contributed by atoms with Crippen molar-refractivity contribution in [3.63, 3.8) is 0 Å². The van der Waals surface area contributed by atoms with E-state index in [9.17, 15) is 0 Å². The molecule has 0 radical (unpaired) electrons. The van der Waals surface area contributed by atoms with Crippen LogP contribution in [-0.2, 0) is 6.54 Å². The Balaban J connectivity index is 2.02. The SMILES string of the molecule is C=CCOc1ccccc1CNc1cccc(OCC)c1. The minimum absolute atomic E-state index is 0.511. The lowest BCUT2D eigenvalue weighted by Crippen LogP contribution is -2.03. The van der Waals surface area contributed by atoms with E-state index in [4.69, 9.17) is 9.47 Å². The molecule has 0 aliphatic carbocycles. The molecule has 0 spiro atoms. The molecule has 21 heavy (non-hydrogen) atoms. The highest BCUT2D eigenvalue weighted by molar-refractivity contribution is 5.49. The minimum atomic E-state index is 0.511. The summed E-state index contributed by atoms with van der Waals surface area (Å²) >= 11 is 0. The van der Waals surface area contributed by atoms with Gasteiger partial charge in [-0.05, 0) is 25.1 Å². The molecular formula is C18H21NO2. The predicted molar refractivity (Wildman–Crippen MR) is 87.1 cm³/mol. The highest BCUT2D eigenvalue weighted by Gasteiger charge is 2.03. The first-order chi connectivity index (χ1) is 10.3. The average Bonchev–Trinajstić information content (AvgIpc) is 2.52. The van der Waals surface area contributed by atoms with Crippen molar-refractivity contribution in [3.05, 3.63) is 66.7 Å². The van der Waals surface area contributed by atoms with E-state index in [1.165, 1.54) is 0 Å². The van der Waals surface area contributed by atoms with Gasteiger partial charge in [0.1, 0.15) is 18.1 Å². The van der Waals surface area contributed by atoms with Gasteiger partial charge < -0.3 is 14.8 Å². The maximum atomic E-state index is 5.65. The van der Waals surface area contributed by atoms with Crippen LogP contribution >= 0.6 is 0 Å². The van der Waals surface area contributed by atoms with Gasteiger partial charge in [-0.1, -0.05) is 36.9 Å². The first-order valence-electron chi connectivity index (χ1n) is 7.12. The Morgan fingerprint density at radius 2 is 1.95 bits per heavy atom. The van der Waals surface area contributed by atoms with Crippen LogP contribution in [0.2, 0.25) is 0 Å². The van der Waals surface area contributed by atoms with Gasteiger partial charge in [-0.25, -0.2) is 0 Å². The molecule has 2 aromatic carbocycles. The number of benzene rings is 2. The van der Waals surface area contributed by atoms with E-state index in [1.54, 1.807) is 6.08 Å². The standard InChI is InChI=1S/C18H21NO2/c1-3-12-21-18-11-6-5-8-15(18)14-19-16-9-7-10-17(13-16)20-4-2/h3,5-11,13,19H,1,4,12,14H2,2H3. The Bertz CT molecular complexity index is 581. The van der Waals surface area contributed by atoms with Crippen LogP contribution in [0.25, 0.3) is 0 Å². The normalized spacial score (nSPS) is 9.95. The first-order valence-corrected chi connectivity index (χ1v) is 7.12. The number of anilines is 1. The summed E-state index contributed by atoms with van der Waals surface area (Å²) in [6, 6.07) is 16.0. The molecule has 0 aliphatic rings. The summed E-state index contributed by atoms with van der Waals surface area (Å²) in [5, 5.41) is 3.39. The van der Waals surface area contributed by atoms with Gasteiger partial charge in [0.15, 0.2) is 0 Å². The van der Waals surface area contributed by atoms with Crippen molar-refractivity contribution in [1.29, 1.82) is 0 Å². The molecule has 0 fully saturated rings. The molecule has 0 amide bonds. The van der Waals surface area contributed by atoms with Crippen molar-refractivity contribution in [2.75, 3.05) is 18.5 Å². The average molecular weight is 283 g/mol. The van der Waals surface area contributed by atoms with Gasteiger partial charge in [0.05, 0.1) is 6.61 Å². The molecule has 2 rings (SSSR count). The number of hydrogen-bond acceptors (Lipinski definition) is 3. The lowest BCUT2D eigenvalue weighted by atomic mass is 10.2. The van der Waals surface area contributed by atoms with Crippen LogP contribution in [0.3, 0.4) is 0 Å². The summed E-state index contributed by atoms with van der Waals surface area (Å²) in [4.78, 5) is 0. The van der Waals surface area contributed by atoms with Crippen LogP contribution in [-0.4, -0.2) is 13.2 Å². The zero-order valence-corrected chi connectivity index (χ0v) is 12.3. The topological polar surface area (TPSA) is 30.5 Å². The molecule has 0 aromatic heterocycles. The molecule has 110 valence electrons. The zero-order valence-electron chi connectivity index (χ0n) is 12.3. The van der Waals surface area contributed by atoms with Crippen molar-refractivity contribution in [2.24, 2.45) is 0 Å². The molecule has 1 N–H and O–H groups in total. The fourth-order valence-corrected chi connectivity index (χ4v) is 2.00. The Morgan fingerprint density at radius 1 is 1.10 bits per heavy atom. The molecule has 3 heteroatoms. The number of rotatable bonds is 8. The van der Waals surface area contributed by atoms with Crippen LogP contribution in [0, 0.1) is 0 Å². The van der Waals surface area contributed by atoms with Crippen LogP contribution in [0.15, 0.2) is 61.2 Å². The molecule has 0 saturated carbocycles. The summed E-state index contributed by atoms with van der Waals surface area (Å²) in [5.41, 5.74) is 2.14. The third-order valence-electron chi connectivity index (χ3n) is 2.96. The van der Waals surface area contributed by atoms with Crippen LogP contribution in [0.4, 0.5) is 5.69 Å². The lowest BCUT2D eigenvalue weighted by molar-refractivity contribution is 0.340. The van der Waals surface area contributed by atoms with Gasteiger partial charge in [0.25, 0.3) is 0 Å². The summed E-state index contributed by atoms with van der Waals surface area (Å²) in [7, 11) is 0. The predicted octanol–water partition coefficient (Wildman–Crippen LogP) is 4.26. The van der Waals surface area contributed by atoms with E-state index in [-0.39, 0.29) is 0 Å². The second kappa shape index (κ2) is 8.00. The van der Waals surface area contributed by atoms with Crippen LogP contribution in [0.1, 0.15) is 12.5 Å². The van der Waals surface area contributed by atoms with Crippen molar-refractivity contribution >= 4 is 5.69 Å². The summed E-state index contributed by atoms with van der Waals surface area (Å²) < 4.78 is 11.2. The molecule has 2 aromatic rings. The molecule has 3 nitrogen and oxygen atoms in total. The Morgan fingerprint density at radius 3 is 2.76 bits per heavy atom. The monoisotopic (exact) mass is 283 g/mol. The summed E-state index contributed by atoms with van der Waals surface area (Å²) in [6.45, 7) is 7.53.